The van der Waals surface area contributed by atoms with Gasteiger partial charge in [0, 0.05) is 18.3 Å². The molecule has 0 radical (unpaired) electrons. The predicted octanol–water partition coefficient (Wildman–Crippen LogP) is 6.41. The molecule has 2 aromatic carbocycles. The maximum atomic E-state index is 12.4. The minimum Gasteiger partial charge on any atom is -0.385 e. The van der Waals surface area contributed by atoms with Gasteiger partial charge < -0.3 is 5.32 Å². The average Bonchev–Trinajstić information content (AvgIpc) is 2.72. The topological polar surface area (TPSA) is 82.9 Å². The maximum absolute atomic E-state index is 12.4. The van der Waals surface area contributed by atoms with Gasteiger partial charge in [0.05, 0.1) is 16.1 Å². The van der Waals surface area contributed by atoms with E-state index in [9.17, 15) is 8.42 Å². The molecule has 1 aliphatic rings. The summed E-state index contributed by atoms with van der Waals surface area (Å²) >= 11 is 0. The summed E-state index contributed by atoms with van der Waals surface area (Å²) in [5.41, 5.74) is 5.07. The summed E-state index contributed by atoms with van der Waals surface area (Å²) in [5.74, 6) is 0.546. The number of anilines is 1. The Morgan fingerprint density at radius 1 is 0.938 bits per heavy atom. The van der Waals surface area contributed by atoms with Gasteiger partial charge >= 0.3 is 0 Å². The van der Waals surface area contributed by atoms with Gasteiger partial charge in [-0.25, -0.2) is 13.1 Å². The average molecular weight is 457 g/mol. The summed E-state index contributed by atoms with van der Waals surface area (Å²) in [6, 6.07) is 14.1. The van der Waals surface area contributed by atoms with Crippen molar-refractivity contribution in [2.75, 3.05) is 11.9 Å². The molecule has 0 bridgehead atoms. The number of hydrogen-bond donors (Lipinski definition) is 2. The molecule has 3 rings (SSSR count). The summed E-state index contributed by atoms with van der Waals surface area (Å²) < 4.78 is 26.9. The van der Waals surface area contributed by atoms with Gasteiger partial charge in [-0.15, -0.1) is 0 Å². The molecule has 32 heavy (non-hydrogen) atoms. The molecule has 7 heteroatoms. The number of azo groups is 1. The summed E-state index contributed by atoms with van der Waals surface area (Å²) in [6.07, 6.45) is 3.82. The Hall–Kier alpha value is -2.25. The van der Waals surface area contributed by atoms with Crippen molar-refractivity contribution in [3.63, 3.8) is 0 Å². The van der Waals surface area contributed by atoms with Gasteiger partial charge in [-0.3, -0.25) is 0 Å². The zero-order valence-electron chi connectivity index (χ0n) is 19.9. The number of sulfonamides is 1. The van der Waals surface area contributed by atoms with Crippen LogP contribution in [0.5, 0.6) is 0 Å². The van der Waals surface area contributed by atoms with Crippen LogP contribution in [0.4, 0.5) is 17.1 Å². The third-order valence-corrected chi connectivity index (χ3v) is 8.41. The van der Waals surface area contributed by atoms with Gasteiger partial charge in [-0.2, -0.15) is 10.2 Å². The lowest BCUT2D eigenvalue weighted by molar-refractivity contribution is 0.322. The van der Waals surface area contributed by atoms with E-state index in [1.54, 1.807) is 20.8 Å². The molecule has 0 spiro atoms. The maximum Gasteiger partial charge on any atom is 0.216 e. The minimum absolute atomic E-state index is 0.0510. The molecule has 0 heterocycles. The highest BCUT2D eigenvalue weighted by Gasteiger charge is 2.32. The fraction of sp³-hybridized carbons (Fsp3) is 0.520. The SMILES string of the molecule is Cc1ccccc1N=Nc1ccc(NCC2CCC(NS(=O)(=O)C(C)(C)C)CC2)c(C)c1. The van der Waals surface area contributed by atoms with E-state index in [1.807, 2.05) is 43.3 Å². The van der Waals surface area contributed by atoms with Crippen molar-refractivity contribution < 1.29 is 8.42 Å². The standard InChI is InChI=1S/C25H36N4O2S/c1-18-8-6-7-9-24(18)28-27-22-14-15-23(19(2)16-22)26-17-20-10-12-21(13-11-20)29-32(30,31)25(3,4)5/h6-9,14-16,20-21,26,29H,10-13,17H2,1-5H3. The monoisotopic (exact) mass is 456 g/mol. The van der Waals surface area contributed by atoms with Crippen molar-refractivity contribution in [2.45, 2.75) is 71.1 Å². The minimum atomic E-state index is -3.29. The van der Waals surface area contributed by atoms with Crippen LogP contribution in [-0.2, 0) is 10.0 Å². The van der Waals surface area contributed by atoms with Crippen LogP contribution < -0.4 is 10.0 Å². The van der Waals surface area contributed by atoms with Crippen molar-refractivity contribution >= 4 is 27.1 Å². The Kier molecular flexibility index (Phi) is 7.72. The quantitative estimate of drug-likeness (QED) is 0.472. The van der Waals surface area contributed by atoms with E-state index in [-0.39, 0.29) is 6.04 Å². The lowest BCUT2D eigenvalue weighted by Gasteiger charge is -2.31. The number of rotatable bonds is 7. The van der Waals surface area contributed by atoms with Crippen molar-refractivity contribution in [3.05, 3.63) is 53.6 Å². The lowest BCUT2D eigenvalue weighted by atomic mass is 9.86. The lowest BCUT2D eigenvalue weighted by Crippen LogP contribution is -2.46. The zero-order valence-corrected chi connectivity index (χ0v) is 20.7. The van der Waals surface area contributed by atoms with Crippen LogP contribution in [-0.4, -0.2) is 25.8 Å². The summed E-state index contributed by atoms with van der Waals surface area (Å²) in [4.78, 5) is 0. The molecule has 0 amide bonds. The smallest absolute Gasteiger partial charge is 0.216 e. The molecule has 2 aromatic rings. The van der Waals surface area contributed by atoms with Crippen LogP contribution in [0.15, 0.2) is 52.7 Å². The highest BCUT2D eigenvalue weighted by atomic mass is 32.2. The van der Waals surface area contributed by atoms with Crippen molar-refractivity contribution in [3.8, 4) is 0 Å². The Labute approximate surface area is 193 Å². The Morgan fingerprint density at radius 3 is 2.25 bits per heavy atom. The number of hydrogen-bond acceptors (Lipinski definition) is 5. The van der Waals surface area contributed by atoms with E-state index in [1.165, 1.54) is 0 Å². The van der Waals surface area contributed by atoms with Gasteiger partial charge in [0.25, 0.3) is 0 Å². The first-order chi connectivity index (χ1) is 15.0. The highest BCUT2D eigenvalue weighted by Crippen LogP contribution is 2.29. The van der Waals surface area contributed by atoms with Crippen molar-refractivity contribution in [1.82, 2.24) is 4.72 Å². The van der Waals surface area contributed by atoms with Crippen LogP contribution in [0.2, 0.25) is 0 Å². The van der Waals surface area contributed by atoms with Crippen LogP contribution in [0, 0.1) is 19.8 Å². The molecule has 0 aromatic heterocycles. The second-order valence-corrected chi connectivity index (χ2v) is 12.3. The summed E-state index contributed by atoms with van der Waals surface area (Å²) in [5, 5.41) is 12.3. The zero-order chi connectivity index (χ0) is 23.4. The predicted molar refractivity (Wildman–Crippen MR) is 133 cm³/mol. The molecular formula is C25H36N4O2S. The molecule has 0 saturated heterocycles. The van der Waals surface area contributed by atoms with E-state index >= 15 is 0 Å². The molecule has 0 aliphatic heterocycles. The molecule has 0 unspecified atom stereocenters. The fourth-order valence-corrected chi connectivity index (χ4v) is 4.86. The van der Waals surface area contributed by atoms with E-state index in [0.29, 0.717) is 5.92 Å². The molecule has 0 atom stereocenters. The van der Waals surface area contributed by atoms with Crippen molar-refractivity contribution in [2.24, 2.45) is 16.1 Å². The van der Waals surface area contributed by atoms with E-state index in [2.05, 4.69) is 33.3 Å². The first kappa shape index (κ1) is 24.4. The van der Waals surface area contributed by atoms with E-state index in [0.717, 1.165) is 60.4 Å². The van der Waals surface area contributed by atoms with Crippen LogP contribution >= 0.6 is 0 Å². The summed E-state index contributed by atoms with van der Waals surface area (Å²) in [7, 11) is -3.29. The second-order valence-electron chi connectivity index (χ2n) is 9.82. The largest absolute Gasteiger partial charge is 0.385 e. The molecular weight excluding hydrogens is 420 g/mol. The van der Waals surface area contributed by atoms with Gasteiger partial charge in [-0.1, -0.05) is 18.2 Å². The molecule has 1 saturated carbocycles. The number of aryl methyl sites for hydroxylation is 2. The Morgan fingerprint density at radius 2 is 1.62 bits per heavy atom. The fourth-order valence-electron chi connectivity index (χ4n) is 3.83. The Balaban J connectivity index is 1.50. The third-order valence-electron chi connectivity index (χ3n) is 6.15. The summed E-state index contributed by atoms with van der Waals surface area (Å²) in [6.45, 7) is 10.2. The van der Waals surface area contributed by atoms with Gasteiger partial charge in [-0.05, 0) is 102 Å². The van der Waals surface area contributed by atoms with Crippen LogP contribution in [0.25, 0.3) is 0 Å². The number of benzene rings is 2. The number of nitrogens with zero attached hydrogens (tertiary/aromatic N) is 2. The van der Waals surface area contributed by atoms with E-state index < -0.39 is 14.8 Å². The number of nitrogens with one attached hydrogen (secondary N) is 2. The van der Waals surface area contributed by atoms with Crippen molar-refractivity contribution in [1.29, 1.82) is 0 Å². The molecule has 1 aliphatic carbocycles. The third kappa shape index (κ3) is 6.39. The van der Waals surface area contributed by atoms with Gasteiger partial charge in [0.2, 0.25) is 10.0 Å². The Bertz CT molecular complexity index is 1050. The van der Waals surface area contributed by atoms with Gasteiger partial charge in [0.15, 0.2) is 0 Å². The van der Waals surface area contributed by atoms with Crippen LogP contribution in [0.1, 0.15) is 57.6 Å². The molecule has 1 fully saturated rings. The highest BCUT2D eigenvalue weighted by molar-refractivity contribution is 7.90. The first-order valence-corrected chi connectivity index (χ1v) is 12.9. The second kappa shape index (κ2) is 10.1. The molecule has 6 nitrogen and oxygen atoms in total. The van der Waals surface area contributed by atoms with E-state index in [4.69, 9.17) is 0 Å². The molecule has 174 valence electrons. The van der Waals surface area contributed by atoms with Crippen LogP contribution in [0.3, 0.4) is 0 Å². The van der Waals surface area contributed by atoms with Gasteiger partial charge in [0.1, 0.15) is 0 Å². The normalized spacial score (nSPS) is 19.9. The molecule has 2 N–H and O–H groups in total. The first-order valence-electron chi connectivity index (χ1n) is 11.4.